The summed E-state index contributed by atoms with van der Waals surface area (Å²) in [5.41, 5.74) is 3.16. The zero-order valence-electron chi connectivity index (χ0n) is 22.8. The van der Waals surface area contributed by atoms with Crippen molar-refractivity contribution in [2.24, 2.45) is 10.2 Å². The van der Waals surface area contributed by atoms with Gasteiger partial charge in [0.2, 0.25) is 5.88 Å². The highest BCUT2D eigenvalue weighted by molar-refractivity contribution is 5.97. The maximum Gasteiger partial charge on any atom is 0.416 e. The third-order valence-electron chi connectivity index (χ3n) is 7.36. The van der Waals surface area contributed by atoms with Crippen LogP contribution in [0.15, 0.2) is 89.1 Å². The van der Waals surface area contributed by atoms with E-state index in [0.717, 1.165) is 23.3 Å². The van der Waals surface area contributed by atoms with Gasteiger partial charge >= 0.3 is 12.1 Å². The van der Waals surface area contributed by atoms with Crippen LogP contribution in [0, 0.1) is 13.8 Å². The van der Waals surface area contributed by atoms with Crippen LogP contribution in [0.1, 0.15) is 35.1 Å². The Morgan fingerprint density at radius 3 is 2.24 bits per heavy atom. The molecule has 0 saturated carbocycles. The molecule has 214 valence electrons. The number of aromatic hydroxyl groups is 2. The van der Waals surface area contributed by atoms with Crippen LogP contribution in [0.2, 0.25) is 0 Å². The van der Waals surface area contributed by atoms with Gasteiger partial charge < -0.3 is 15.3 Å². The van der Waals surface area contributed by atoms with Crippen molar-refractivity contribution in [1.29, 1.82) is 0 Å². The number of azo groups is 1. The van der Waals surface area contributed by atoms with Crippen molar-refractivity contribution in [3.63, 3.8) is 0 Å². The highest BCUT2D eigenvalue weighted by Crippen LogP contribution is 2.45. The Hall–Kier alpha value is -5.12. The van der Waals surface area contributed by atoms with E-state index in [-0.39, 0.29) is 28.0 Å². The first-order valence-electron chi connectivity index (χ1n) is 13.0. The number of rotatable bonds is 6. The topological polar surface area (TPSA) is 107 Å². The van der Waals surface area contributed by atoms with E-state index in [9.17, 15) is 33.3 Å². The summed E-state index contributed by atoms with van der Waals surface area (Å²) in [5, 5.41) is 40.0. The normalized spacial score (nSPS) is 12.7. The molecule has 0 amide bonds. The van der Waals surface area contributed by atoms with Crippen molar-refractivity contribution in [2.75, 3.05) is 0 Å². The van der Waals surface area contributed by atoms with Gasteiger partial charge in [0.05, 0.1) is 17.0 Å². The molecule has 1 unspecified atom stereocenters. The van der Waals surface area contributed by atoms with Crippen LogP contribution >= 0.6 is 0 Å². The molecule has 0 radical (unpaired) electrons. The Balaban J connectivity index is 1.60. The number of hydrogen-bond acceptors (Lipinski definition) is 5. The SMILES string of the molecule is Cc1ccc(-n2c(O)c(N=Nc3cccc(-c4ccc(C(C)C(=O)O)cc4)c3O)c3ccc(C(F)(F)F)cc32)cc1C. The van der Waals surface area contributed by atoms with Gasteiger partial charge in [0.25, 0.3) is 0 Å². The van der Waals surface area contributed by atoms with Crippen LogP contribution in [0.3, 0.4) is 0 Å². The number of fused-ring (bicyclic) bond motifs is 1. The van der Waals surface area contributed by atoms with E-state index < -0.39 is 29.5 Å². The summed E-state index contributed by atoms with van der Waals surface area (Å²) in [4.78, 5) is 11.3. The molecule has 0 saturated heterocycles. The average Bonchev–Trinajstić information content (AvgIpc) is 3.23. The number of carbonyl (C=O) groups is 1. The first kappa shape index (κ1) is 28.4. The first-order chi connectivity index (χ1) is 19.9. The summed E-state index contributed by atoms with van der Waals surface area (Å²) in [5.74, 6) is -2.27. The molecular weight excluding hydrogens is 547 g/mol. The summed E-state index contributed by atoms with van der Waals surface area (Å²) in [6, 6.07) is 19.9. The average molecular weight is 574 g/mol. The Labute approximate surface area is 238 Å². The lowest BCUT2D eigenvalue weighted by atomic mass is 9.97. The monoisotopic (exact) mass is 573 g/mol. The van der Waals surface area contributed by atoms with Gasteiger partial charge in [0.15, 0.2) is 11.4 Å². The molecule has 5 aromatic rings. The quantitative estimate of drug-likeness (QED) is 0.176. The number of aryl methyl sites for hydroxylation is 2. The van der Waals surface area contributed by atoms with Crippen LogP contribution in [0.4, 0.5) is 24.5 Å². The molecule has 1 aromatic heterocycles. The minimum Gasteiger partial charge on any atom is -0.505 e. The van der Waals surface area contributed by atoms with Gasteiger partial charge in [0.1, 0.15) is 5.69 Å². The minimum atomic E-state index is -4.60. The predicted octanol–water partition coefficient (Wildman–Crippen LogP) is 8.95. The Morgan fingerprint density at radius 2 is 1.60 bits per heavy atom. The number of benzene rings is 4. The molecule has 0 aliphatic heterocycles. The van der Waals surface area contributed by atoms with E-state index in [0.29, 0.717) is 22.4 Å². The molecule has 0 fully saturated rings. The maximum absolute atomic E-state index is 13.6. The van der Waals surface area contributed by atoms with Gasteiger partial charge in [-0.1, -0.05) is 42.5 Å². The van der Waals surface area contributed by atoms with Crippen LogP contribution in [0.5, 0.6) is 11.6 Å². The summed E-state index contributed by atoms with van der Waals surface area (Å²) < 4.78 is 42.1. The first-order valence-corrected chi connectivity index (χ1v) is 13.0. The summed E-state index contributed by atoms with van der Waals surface area (Å²) in [6.45, 7) is 5.34. The number of aliphatic carboxylic acids is 1. The molecule has 0 aliphatic carbocycles. The van der Waals surface area contributed by atoms with Gasteiger partial charge in [-0.15, -0.1) is 10.2 Å². The number of phenols is 1. The van der Waals surface area contributed by atoms with Crippen LogP contribution in [-0.2, 0) is 11.0 Å². The number of carboxylic acids is 1. The van der Waals surface area contributed by atoms with E-state index in [1.165, 1.54) is 16.7 Å². The standard InChI is InChI=1S/C32H26F3N3O4/c1-17-7-13-23(15-18(17)2)38-27-16-22(32(33,34)35)12-14-25(27)28(30(38)40)37-36-26-6-4-5-24(29(26)39)21-10-8-20(9-11-21)19(3)31(41)42/h4-16,19,39-40H,1-3H3,(H,41,42). The third kappa shape index (κ3) is 5.18. The molecule has 5 rings (SSSR count). The van der Waals surface area contributed by atoms with Gasteiger partial charge in [-0.05, 0) is 79.4 Å². The number of alkyl halides is 3. The second-order valence-corrected chi connectivity index (χ2v) is 10.1. The van der Waals surface area contributed by atoms with Crippen molar-refractivity contribution in [3.8, 4) is 28.4 Å². The van der Waals surface area contributed by atoms with Gasteiger partial charge in [-0.2, -0.15) is 13.2 Å². The van der Waals surface area contributed by atoms with Crippen molar-refractivity contribution in [3.05, 3.63) is 101 Å². The highest BCUT2D eigenvalue weighted by Gasteiger charge is 2.32. The molecule has 3 N–H and O–H groups in total. The van der Waals surface area contributed by atoms with Crippen molar-refractivity contribution >= 4 is 28.2 Å². The van der Waals surface area contributed by atoms with Crippen LogP contribution < -0.4 is 0 Å². The lowest BCUT2D eigenvalue weighted by molar-refractivity contribution is -0.138. The zero-order chi connectivity index (χ0) is 30.3. The van der Waals surface area contributed by atoms with Gasteiger partial charge in [-0.25, -0.2) is 0 Å². The number of carboxylic acid groups (broad SMARTS) is 1. The molecular formula is C32H26F3N3O4. The van der Waals surface area contributed by atoms with Gasteiger partial charge in [-0.3, -0.25) is 9.36 Å². The summed E-state index contributed by atoms with van der Waals surface area (Å²) in [6.07, 6.45) is -4.60. The number of phenolic OH excluding ortho intramolecular Hbond substituents is 1. The van der Waals surface area contributed by atoms with Crippen molar-refractivity contribution in [2.45, 2.75) is 32.9 Å². The van der Waals surface area contributed by atoms with E-state index in [1.807, 2.05) is 19.9 Å². The summed E-state index contributed by atoms with van der Waals surface area (Å²) in [7, 11) is 0. The van der Waals surface area contributed by atoms with Gasteiger partial charge in [0, 0.05) is 16.6 Å². The van der Waals surface area contributed by atoms with Crippen LogP contribution in [0.25, 0.3) is 27.7 Å². The second-order valence-electron chi connectivity index (χ2n) is 10.1. The lowest BCUT2D eigenvalue weighted by Crippen LogP contribution is -2.06. The fourth-order valence-corrected chi connectivity index (χ4v) is 4.70. The number of para-hydroxylation sites is 1. The number of nitrogens with zero attached hydrogens (tertiary/aromatic N) is 3. The second kappa shape index (κ2) is 10.7. The number of hydrogen-bond donors (Lipinski definition) is 3. The zero-order valence-corrected chi connectivity index (χ0v) is 22.8. The minimum absolute atomic E-state index is 0.0613. The lowest BCUT2D eigenvalue weighted by Gasteiger charge is -2.11. The molecule has 1 heterocycles. The Kier molecular flexibility index (Phi) is 7.24. The predicted molar refractivity (Wildman–Crippen MR) is 153 cm³/mol. The number of halogens is 3. The molecule has 0 aliphatic rings. The molecule has 7 nitrogen and oxygen atoms in total. The van der Waals surface area contributed by atoms with E-state index >= 15 is 0 Å². The fourth-order valence-electron chi connectivity index (χ4n) is 4.70. The maximum atomic E-state index is 13.6. The third-order valence-corrected chi connectivity index (χ3v) is 7.36. The Morgan fingerprint density at radius 1 is 0.881 bits per heavy atom. The van der Waals surface area contributed by atoms with Crippen molar-refractivity contribution < 1.29 is 33.3 Å². The molecule has 4 aromatic carbocycles. The number of aromatic nitrogens is 1. The Bertz CT molecular complexity index is 1860. The van der Waals surface area contributed by atoms with E-state index in [4.69, 9.17) is 0 Å². The molecule has 42 heavy (non-hydrogen) atoms. The van der Waals surface area contributed by atoms with E-state index in [1.54, 1.807) is 55.5 Å². The van der Waals surface area contributed by atoms with Crippen LogP contribution in [-0.4, -0.2) is 25.9 Å². The van der Waals surface area contributed by atoms with Crippen molar-refractivity contribution in [1.82, 2.24) is 4.57 Å². The fraction of sp³-hybridized carbons (Fsp3) is 0.156. The largest absolute Gasteiger partial charge is 0.505 e. The molecule has 0 spiro atoms. The molecule has 0 bridgehead atoms. The smallest absolute Gasteiger partial charge is 0.416 e. The molecule has 10 heteroatoms. The summed E-state index contributed by atoms with van der Waals surface area (Å²) >= 11 is 0. The highest BCUT2D eigenvalue weighted by atomic mass is 19.4. The van der Waals surface area contributed by atoms with E-state index in [2.05, 4.69) is 10.2 Å². The molecule has 1 atom stereocenters.